The number of piperazine rings is 1. The number of nitrogens with zero attached hydrogens (tertiary/aromatic N) is 8. The molecule has 2 aromatic rings. The number of hydrogen-bond acceptors (Lipinski definition) is 7. The lowest BCUT2D eigenvalue weighted by molar-refractivity contribution is 0.259. The van der Waals surface area contributed by atoms with Crippen LogP contribution in [0.25, 0.3) is 0 Å². The van der Waals surface area contributed by atoms with Gasteiger partial charge in [0.2, 0.25) is 5.95 Å². The van der Waals surface area contributed by atoms with E-state index in [1.54, 1.807) is 4.68 Å². The Kier molecular flexibility index (Phi) is 4.94. The van der Waals surface area contributed by atoms with Crippen LogP contribution < -0.4 is 9.80 Å². The van der Waals surface area contributed by atoms with E-state index in [9.17, 15) is 0 Å². The van der Waals surface area contributed by atoms with E-state index in [4.69, 9.17) is 0 Å². The number of rotatable bonds is 5. The maximum absolute atomic E-state index is 4.68. The Morgan fingerprint density at radius 2 is 1.88 bits per heavy atom. The molecule has 0 atom stereocenters. The minimum atomic E-state index is 0.773. The van der Waals surface area contributed by atoms with Crippen LogP contribution in [0.2, 0.25) is 0 Å². The first-order valence-corrected chi connectivity index (χ1v) is 8.37. The SMILES string of the molecule is Cc1cc(N2CCN(CCc3cn(C)nn3)CC2)nc(N(C)C)n1. The highest BCUT2D eigenvalue weighted by atomic mass is 15.4. The summed E-state index contributed by atoms with van der Waals surface area (Å²) in [6.07, 6.45) is 2.94. The molecule has 1 aliphatic heterocycles. The topological polar surface area (TPSA) is 66.2 Å². The van der Waals surface area contributed by atoms with E-state index in [1.165, 1.54) is 0 Å². The first kappa shape index (κ1) is 16.6. The van der Waals surface area contributed by atoms with Gasteiger partial charge in [-0.2, -0.15) is 4.98 Å². The Labute approximate surface area is 143 Å². The van der Waals surface area contributed by atoms with E-state index in [0.29, 0.717) is 0 Å². The van der Waals surface area contributed by atoms with Crippen LogP contribution in [0, 0.1) is 6.92 Å². The third-order valence-corrected chi connectivity index (χ3v) is 4.26. The molecule has 0 amide bonds. The molecule has 1 fully saturated rings. The summed E-state index contributed by atoms with van der Waals surface area (Å²) in [5.41, 5.74) is 2.07. The van der Waals surface area contributed by atoms with Crippen molar-refractivity contribution in [3.8, 4) is 0 Å². The summed E-state index contributed by atoms with van der Waals surface area (Å²) in [6.45, 7) is 7.11. The minimum Gasteiger partial charge on any atom is -0.354 e. The number of hydrogen-bond donors (Lipinski definition) is 0. The predicted molar refractivity (Wildman–Crippen MR) is 94.5 cm³/mol. The fraction of sp³-hybridized carbons (Fsp3) is 0.625. The second-order valence-corrected chi connectivity index (χ2v) is 6.52. The van der Waals surface area contributed by atoms with Gasteiger partial charge in [0, 0.05) is 78.2 Å². The van der Waals surface area contributed by atoms with Gasteiger partial charge in [-0.15, -0.1) is 5.10 Å². The third kappa shape index (κ3) is 4.00. The predicted octanol–water partition coefficient (Wildman–Crippen LogP) is 0.344. The summed E-state index contributed by atoms with van der Waals surface area (Å²) in [5, 5.41) is 8.14. The monoisotopic (exact) mass is 330 g/mol. The summed E-state index contributed by atoms with van der Waals surface area (Å²) >= 11 is 0. The van der Waals surface area contributed by atoms with Crippen LogP contribution in [0.15, 0.2) is 12.3 Å². The largest absolute Gasteiger partial charge is 0.354 e. The molecular weight excluding hydrogens is 304 g/mol. The van der Waals surface area contributed by atoms with Gasteiger partial charge in [-0.1, -0.05) is 5.21 Å². The summed E-state index contributed by atoms with van der Waals surface area (Å²) in [5.74, 6) is 1.80. The normalized spacial score (nSPS) is 15.8. The van der Waals surface area contributed by atoms with Gasteiger partial charge in [-0.05, 0) is 6.92 Å². The van der Waals surface area contributed by atoms with Crippen molar-refractivity contribution in [2.75, 3.05) is 56.6 Å². The molecule has 3 rings (SSSR count). The van der Waals surface area contributed by atoms with E-state index in [1.807, 2.05) is 39.2 Å². The molecule has 0 aromatic carbocycles. The summed E-state index contributed by atoms with van der Waals surface area (Å²) < 4.78 is 1.76. The quantitative estimate of drug-likeness (QED) is 0.783. The van der Waals surface area contributed by atoms with Crippen molar-refractivity contribution in [3.05, 3.63) is 23.7 Å². The van der Waals surface area contributed by atoms with Crippen LogP contribution in [0.4, 0.5) is 11.8 Å². The molecule has 0 bridgehead atoms. The smallest absolute Gasteiger partial charge is 0.226 e. The second-order valence-electron chi connectivity index (χ2n) is 6.52. The standard InChI is InChI=1S/C16H26N8/c1-13-11-15(18-16(17-13)21(2)3)24-9-7-23(8-10-24)6-5-14-12-22(4)20-19-14/h11-12H,5-10H2,1-4H3. The first-order chi connectivity index (χ1) is 11.5. The molecule has 8 heteroatoms. The van der Waals surface area contributed by atoms with Crippen molar-refractivity contribution in [3.63, 3.8) is 0 Å². The zero-order valence-electron chi connectivity index (χ0n) is 15.0. The lowest BCUT2D eigenvalue weighted by Crippen LogP contribution is -2.47. The second kappa shape index (κ2) is 7.12. The summed E-state index contributed by atoms with van der Waals surface area (Å²) in [4.78, 5) is 15.9. The average molecular weight is 330 g/mol. The van der Waals surface area contributed by atoms with Crippen LogP contribution in [0.3, 0.4) is 0 Å². The highest BCUT2D eigenvalue weighted by Gasteiger charge is 2.19. The lowest BCUT2D eigenvalue weighted by atomic mass is 10.2. The van der Waals surface area contributed by atoms with Crippen LogP contribution in [0.5, 0.6) is 0 Å². The highest BCUT2D eigenvalue weighted by molar-refractivity contribution is 5.45. The molecule has 0 aliphatic carbocycles. The summed E-state index contributed by atoms with van der Waals surface area (Å²) in [7, 11) is 5.85. The molecule has 24 heavy (non-hydrogen) atoms. The zero-order valence-corrected chi connectivity index (χ0v) is 15.0. The van der Waals surface area contributed by atoms with Crippen molar-refractivity contribution in [2.45, 2.75) is 13.3 Å². The molecule has 130 valence electrons. The van der Waals surface area contributed by atoms with Crippen LogP contribution >= 0.6 is 0 Å². The molecular formula is C16H26N8. The van der Waals surface area contributed by atoms with E-state index in [2.05, 4.69) is 36.1 Å². The number of anilines is 2. The maximum atomic E-state index is 4.68. The van der Waals surface area contributed by atoms with Crippen molar-refractivity contribution < 1.29 is 0 Å². The molecule has 0 N–H and O–H groups in total. The fourth-order valence-corrected chi connectivity index (χ4v) is 2.88. The third-order valence-electron chi connectivity index (χ3n) is 4.26. The lowest BCUT2D eigenvalue weighted by Gasteiger charge is -2.35. The van der Waals surface area contributed by atoms with E-state index < -0.39 is 0 Å². The highest BCUT2D eigenvalue weighted by Crippen LogP contribution is 2.18. The molecule has 8 nitrogen and oxygen atoms in total. The van der Waals surface area contributed by atoms with Crippen molar-refractivity contribution in [1.82, 2.24) is 29.9 Å². The Balaban J connectivity index is 1.55. The molecule has 3 heterocycles. The average Bonchev–Trinajstić information content (AvgIpc) is 2.98. The van der Waals surface area contributed by atoms with Crippen LogP contribution in [0.1, 0.15) is 11.4 Å². The molecule has 1 aliphatic rings. The van der Waals surface area contributed by atoms with Gasteiger partial charge in [-0.25, -0.2) is 4.98 Å². The number of aromatic nitrogens is 5. The Hall–Kier alpha value is -2.22. The van der Waals surface area contributed by atoms with Gasteiger partial charge >= 0.3 is 0 Å². The first-order valence-electron chi connectivity index (χ1n) is 8.37. The molecule has 0 saturated carbocycles. The molecule has 0 spiro atoms. The summed E-state index contributed by atoms with van der Waals surface area (Å²) in [6, 6.07) is 2.07. The van der Waals surface area contributed by atoms with Crippen molar-refractivity contribution in [2.24, 2.45) is 7.05 Å². The van der Waals surface area contributed by atoms with Gasteiger partial charge in [0.25, 0.3) is 0 Å². The molecule has 0 unspecified atom stereocenters. The Bertz CT molecular complexity index is 672. The fourth-order valence-electron chi connectivity index (χ4n) is 2.88. The molecule has 2 aromatic heterocycles. The Morgan fingerprint density at radius 1 is 1.12 bits per heavy atom. The van der Waals surface area contributed by atoms with Crippen molar-refractivity contribution in [1.29, 1.82) is 0 Å². The van der Waals surface area contributed by atoms with Gasteiger partial charge < -0.3 is 9.80 Å². The number of aryl methyl sites for hydroxylation is 2. The van der Waals surface area contributed by atoms with E-state index in [-0.39, 0.29) is 0 Å². The van der Waals surface area contributed by atoms with Crippen LogP contribution in [-0.4, -0.2) is 76.7 Å². The molecule has 0 radical (unpaired) electrons. The Morgan fingerprint density at radius 3 is 2.50 bits per heavy atom. The maximum Gasteiger partial charge on any atom is 0.226 e. The van der Waals surface area contributed by atoms with Crippen LogP contribution in [-0.2, 0) is 13.5 Å². The van der Waals surface area contributed by atoms with E-state index >= 15 is 0 Å². The zero-order chi connectivity index (χ0) is 17.1. The van der Waals surface area contributed by atoms with Gasteiger partial charge in [0.05, 0.1) is 5.69 Å². The van der Waals surface area contributed by atoms with E-state index in [0.717, 1.165) is 62.3 Å². The van der Waals surface area contributed by atoms with Gasteiger partial charge in [0.15, 0.2) is 0 Å². The van der Waals surface area contributed by atoms with Crippen molar-refractivity contribution >= 4 is 11.8 Å². The minimum absolute atomic E-state index is 0.773. The van der Waals surface area contributed by atoms with Gasteiger partial charge in [-0.3, -0.25) is 9.58 Å². The molecule has 1 saturated heterocycles. The van der Waals surface area contributed by atoms with Gasteiger partial charge in [0.1, 0.15) is 5.82 Å².